The molecule has 3 heterocycles. The van der Waals surface area contributed by atoms with Crippen LogP contribution in [0, 0.1) is 6.92 Å². The number of nitrogens with zero attached hydrogens (tertiary/aromatic N) is 3. The van der Waals surface area contributed by atoms with Crippen molar-refractivity contribution in [3.63, 3.8) is 0 Å². The second-order valence-corrected chi connectivity index (χ2v) is 21.7. The fourth-order valence-electron chi connectivity index (χ4n) is 12.0. The van der Waals surface area contributed by atoms with E-state index in [0.717, 1.165) is 38.9 Å². The summed E-state index contributed by atoms with van der Waals surface area (Å²) in [6.07, 6.45) is 0.861. The molecule has 10 rings (SSSR count). The van der Waals surface area contributed by atoms with Crippen molar-refractivity contribution in [1.29, 1.82) is 0 Å². The maximum Gasteiger partial charge on any atom is 0.194 e. The molecule has 368 valence electrons. The minimum atomic E-state index is -0.897. The Morgan fingerprint density at radius 2 is 0.873 bits per heavy atom. The quantitative estimate of drug-likeness (QED) is 0.104. The van der Waals surface area contributed by atoms with Crippen LogP contribution in [-0.2, 0) is 32.5 Å². The van der Waals surface area contributed by atoms with Crippen LogP contribution in [0.1, 0.15) is 132 Å². The molecule has 3 fully saturated rings. The number of ether oxygens (including phenoxy) is 3. The van der Waals surface area contributed by atoms with E-state index in [0.29, 0.717) is 131 Å². The first-order valence-corrected chi connectivity index (χ1v) is 25.3. The van der Waals surface area contributed by atoms with Gasteiger partial charge < -0.3 is 14.2 Å². The van der Waals surface area contributed by atoms with Crippen molar-refractivity contribution in [3.05, 3.63) is 164 Å². The van der Waals surface area contributed by atoms with E-state index in [1.165, 1.54) is 0 Å². The lowest BCUT2D eigenvalue weighted by Gasteiger charge is -2.40. The Morgan fingerprint density at radius 3 is 1.34 bits per heavy atom. The molecule has 2 aliphatic carbocycles. The van der Waals surface area contributed by atoms with E-state index >= 15 is 0 Å². The highest BCUT2D eigenvalue weighted by Crippen LogP contribution is 2.54. The number of hydrogen-bond acceptors (Lipinski definition) is 11. The highest BCUT2D eigenvalue weighted by atomic mass is 16.5. The van der Waals surface area contributed by atoms with Crippen molar-refractivity contribution >= 4 is 28.9 Å². The van der Waals surface area contributed by atoms with Gasteiger partial charge in [0.15, 0.2) is 28.9 Å². The fraction of sp³-hybridized carbons (Fsp3) is 0.417. The molecule has 0 amide bonds. The van der Waals surface area contributed by atoms with Crippen LogP contribution in [0.5, 0.6) is 0 Å². The van der Waals surface area contributed by atoms with Gasteiger partial charge >= 0.3 is 0 Å². The fourth-order valence-corrected chi connectivity index (χ4v) is 12.0. The third-order valence-electron chi connectivity index (χ3n) is 16.5. The summed E-state index contributed by atoms with van der Waals surface area (Å²) in [5.74, 6) is -0.348. The van der Waals surface area contributed by atoms with Crippen LogP contribution in [-0.4, -0.2) is 139 Å². The summed E-state index contributed by atoms with van der Waals surface area (Å²) in [7, 11) is 0. The topological polar surface area (TPSA) is 123 Å². The minimum Gasteiger partial charge on any atom is -0.379 e. The minimum absolute atomic E-state index is 0.0147. The second kappa shape index (κ2) is 18.7. The number of rotatable bonds is 13. The number of fused-ring (bicyclic) bond motifs is 5. The van der Waals surface area contributed by atoms with Crippen LogP contribution in [0.4, 0.5) is 0 Å². The van der Waals surface area contributed by atoms with Crippen LogP contribution in [0.3, 0.4) is 0 Å². The first kappa shape index (κ1) is 48.8. The van der Waals surface area contributed by atoms with E-state index in [2.05, 4.69) is 14.7 Å². The van der Waals surface area contributed by atoms with Gasteiger partial charge in [-0.1, -0.05) is 78.9 Å². The molecule has 5 aromatic carbocycles. The zero-order chi connectivity index (χ0) is 50.0. The van der Waals surface area contributed by atoms with E-state index < -0.39 is 22.0 Å². The summed E-state index contributed by atoms with van der Waals surface area (Å²) >= 11 is 0. The summed E-state index contributed by atoms with van der Waals surface area (Å²) < 4.78 is 16.9. The van der Waals surface area contributed by atoms with Crippen LogP contribution in [0.25, 0.3) is 11.1 Å². The van der Waals surface area contributed by atoms with Crippen LogP contribution in [0.15, 0.2) is 97.1 Å². The molecule has 71 heavy (non-hydrogen) atoms. The van der Waals surface area contributed by atoms with Gasteiger partial charge in [0.2, 0.25) is 0 Å². The third-order valence-corrected chi connectivity index (χ3v) is 16.5. The van der Waals surface area contributed by atoms with Gasteiger partial charge in [-0.15, -0.1) is 0 Å². The van der Waals surface area contributed by atoms with Gasteiger partial charge in [-0.3, -0.25) is 38.7 Å². The molecule has 3 saturated heterocycles. The number of Topliss-reactive ketones (excluding diaryl/α,β-unsaturated/α-hetero) is 3. The molecule has 0 bridgehead atoms. The van der Waals surface area contributed by atoms with Crippen molar-refractivity contribution in [3.8, 4) is 11.1 Å². The average Bonchev–Trinajstić information content (AvgIpc) is 3.64. The summed E-state index contributed by atoms with van der Waals surface area (Å²) in [4.78, 5) is 79.3. The summed E-state index contributed by atoms with van der Waals surface area (Å²) in [5.41, 5.74) is 6.27. The number of hydrogen-bond donors (Lipinski definition) is 0. The SMILES string of the molecule is Cc1cccc2c1C(=O)c1cc3c(cc1C2=O)-c1ccc(C(=O)C(C)(C)N2CCOCC2)cc1C3(Cc1ccc(C(=O)C(C)(C)N2CCOCC2)cc1)Cc1ccc(C(=O)C(C)(C)N2CCOCC2)cc1. The van der Waals surface area contributed by atoms with Crippen LogP contribution < -0.4 is 0 Å². The van der Waals surface area contributed by atoms with E-state index in [4.69, 9.17) is 14.2 Å². The number of carbonyl (C=O) groups excluding carboxylic acids is 5. The first-order valence-electron chi connectivity index (χ1n) is 25.3. The highest BCUT2D eigenvalue weighted by Gasteiger charge is 2.47. The molecule has 0 unspecified atom stereocenters. The summed E-state index contributed by atoms with van der Waals surface area (Å²) in [5, 5.41) is 0. The van der Waals surface area contributed by atoms with Crippen LogP contribution >= 0.6 is 0 Å². The maximum absolute atomic E-state index is 15.0. The molecule has 0 radical (unpaired) electrons. The lowest BCUT2D eigenvalue weighted by Crippen LogP contribution is -2.54. The average molecular weight is 956 g/mol. The maximum atomic E-state index is 15.0. The Bertz CT molecular complexity index is 2860. The van der Waals surface area contributed by atoms with Crippen molar-refractivity contribution < 1.29 is 38.2 Å². The van der Waals surface area contributed by atoms with E-state index in [9.17, 15) is 24.0 Å². The Morgan fingerprint density at radius 1 is 0.465 bits per heavy atom. The lowest BCUT2D eigenvalue weighted by atomic mass is 9.68. The highest BCUT2D eigenvalue weighted by molar-refractivity contribution is 6.29. The number of benzene rings is 5. The number of aryl methyl sites for hydroxylation is 1. The number of ketones is 5. The Hall–Kier alpha value is -5.79. The van der Waals surface area contributed by atoms with Crippen molar-refractivity contribution in [2.75, 3.05) is 78.9 Å². The predicted molar refractivity (Wildman–Crippen MR) is 273 cm³/mol. The molecule has 3 aliphatic heterocycles. The molecule has 11 heteroatoms. The van der Waals surface area contributed by atoms with E-state index in [-0.39, 0.29) is 28.9 Å². The molecule has 5 aliphatic rings. The van der Waals surface area contributed by atoms with E-state index in [1.54, 1.807) is 6.07 Å². The molecule has 0 atom stereocenters. The largest absolute Gasteiger partial charge is 0.379 e. The molecule has 5 aromatic rings. The Labute approximate surface area is 417 Å². The Kier molecular flexibility index (Phi) is 12.8. The van der Waals surface area contributed by atoms with E-state index in [1.807, 2.05) is 139 Å². The molecule has 11 nitrogen and oxygen atoms in total. The van der Waals surface area contributed by atoms with Gasteiger partial charge in [0.1, 0.15) is 0 Å². The zero-order valence-corrected chi connectivity index (χ0v) is 42.2. The van der Waals surface area contributed by atoms with Crippen molar-refractivity contribution in [2.45, 2.75) is 83.3 Å². The Balaban J connectivity index is 1.13. The van der Waals surface area contributed by atoms with Crippen molar-refractivity contribution in [2.24, 2.45) is 0 Å². The van der Waals surface area contributed by atoms with Gasteiger partial charge in [-0.2, -0.15) is 0 Å². The second-order valence-electron chi connectivity index (χ2n) is 21.7. The lowest BCUT2D eigenvalue weighted by molar-refractivity contribution is -0.00443. The van der Waals surface area contributed by atoms with Crippen LogP contribution in [0.2, 0.25) is 0 Å². The molecule has 0 spiro atoms. The normalized spacial score (nSPS) is 18.6. The molecule has 0 saturated carbocycles. The monoisotopic (exact) mass is 955 g/mol. The molecule has 0 N–H and O–H groups in total. The summed E-state index contributed by atoms with van der Waals surface area (Å²) in [6.45, 7) is 21.1. The van der Waals surface area contributed by atoms with Gasteiger partial charge in [0.25, 0.3) is 0 Å². The molecule has 0 aromatic heterocycles. The smallest absolute Gasteiger partial charge is 0.194 e. The predicted octanol–water partition coefficient (Wildman–Crippen LogP) is 8.40. The standard InChI is InChI=1S/C60H65N3O8/c1-38-9-8-10-45-51(38)53(65)48-35-50-46(34-47(48)52(45)64)44-20-19-43(56(68)59(6,7)63-25-31-71-32-26-63)33-49(44)60(50,36-39-11-15-41(16-12-39)54(66)57(2,3)61-21-27-69-28-22-61)37-40-13-17-42(18-14-40)55(67)58(4,5)62-23-29-70-30-24-62/h8-20,33-35H,21-32,36-37H2,1-7H3. The molecular formula is C60H65N3O8. The van der Waals surface area contributed by atoms with Gasteiger partial charge in [-0.25, -0.2) is 0 Å². The number of carbonyl (C=O) groups is 5. The van der Waals surface area contributed by atoms with Crippen molar-refractivity contribution in [1.82, 2.24) is 14.7 Å². The number of morpholine rings is 3. The first-order chi connectivity index (χ1) is 33.9. The van der Waals surface area contributed by atoms with Gasteiger partial charge in [0.05, 0.1) is 56.3 Å². The summed E-state index contributed by atoms with van der Waals surface area (Å²) in [6, 6.07) is 31.0. The van der Waals surface area contributed by atoms with Gasteiger partial charge in [0, 0.05) is 83.6 Å². The zero-order valence-electron chi connectivity index (χ0n) is 42.2. The third kappa shape index (κ3) is 8.48. The molecular weight excluding hydrogens is 891 g/mol. The van der Waals surface area contributed by atoms with Gasteiger partial charge in [-0.05, 0) is 118 Å².